The van der Waals surface area contributed by atoms with Crippen molar-refractivity contribution >= 4 is 17.5 Å². The highest BCUT2D eigenvalue weighted by Crippen LogP contribution is 2.21. The minimum atomic E-state index is 0.100. The molecule has 0 radical (unpaired) electrons. The number of carbonyl (C=O) groups excluding carboxylic acids is 1. The van der Waals surface area contributed by atoms with Gasteiger partial charge in [0.25, 0.3) is 5.91 Å². The average Bonchev–Trinajstić information content (AvgIpc) is 2.47. The molecule has 0 bridgehead atoms. The molecule has 1 heterocycles. The van der Waals surface area contributed by atoms with Crippen LogP contribution >= 0.6 is 11.6 Å². The van der Waals surface area contributed by atoms with Crippen molar-refractivity contribution < 1.29 is 4.79 Å². The summed E-state index contributed by atoms with van der Waals surface area (Å²) >= 11 is 6.06. The average molecular weight is 309 g/mol. The zero-order valence-electron chi connectivity index (χ0n) is 13.2. The molecule has 0 saturated carbocycles. The molecule has 4 heteroatoms. The van der Waals surface area contributed by atoms with E-state index in [-0.39, 0.29) is 11.9 Å². The number of halogens is 1. The van der Waals surface area contributed by atoms with E-state index in [9.17, 15) is 4.79 Å². The number of rotatable bonds is 4. The van der Waals surface area contributed by atoms with Crippen LogP contribution in [0.3, 0.4) is 0 Å². The molecule has 1 aromatic rings. The third kappa shape index (κ3) is 4.21. The standard InChI is InChI=1S/C17H25ClN2O/c1-12(2)20(11-14-6-8-19-9-7-14)17(21)16-10-15(18)5-4-13(16)3/h4-5,10,12,14,19H,6-9,11H2,1-3H3. The monoisotopic (exact) mass is 308 g/mol. The quantitative estimate of drug-likeness (QED) is 0.923. The molecule has 21 heavy (non-hydrogen) atoms. The van der Waals surface area contributed by atoms with E-state index in [4.69, 9.17) is 11.6 Å². The lowest BCUT2D eigenvalue weighted by Gasteiger charge is -2.33. The van der Waals surface area contributed by atoms with Crippen molar-refractivity contribution in [2.75, 3.05) is 19.6 Å². The molecule has 2 rings (SSSR count). The van der Waals surface area contributed by atoms with Crippen LogP contribution in [0.5, 0.6) is 0 Å². The van der Waals surface area contributed by atoms with E-state index in [0.717, 1.165) is 43.6 Å². The summed E-state index contributed by atoms with van der Waals surface area (Å²) < 4.78 is 0. The fourth-order valence-electron chi connectivity index (χ4n) is 2.85. The van der Waals surface area contributed by atoms with E-state index < -0.39 is 0 Å². The maximum atomic E-state index is 12.9. The first-order valence-corrected chi connectivity index (χ1v) is 8.14. The van der Waals surface area contributed by atoms with Crippen molar-refractivity contribution in [1.29, 1.82) is 0 Å². The predicted molar refractivity (Wildman–Crippen MR) is 88.0 cm³/mol. The van der Waals surface area contributed by atoms with E-state index in [1.54, 1.807) is 6.07 Å². The van der Waals surface area contributed by atoms with Crippen molar-refractivity contribution in [3.05, 3.63) is 34.3 Å². The molecule has 1 fully saturated rings. The first-order valence-electron chi connectivity index (χ1n) is 7.77. The van der Waals surface area contributed by atoms with Crippen LogP contribution in [-0.4, -0.2) is 36.5 Å². The first-order chi connectivity index (χ1) is 9.99. The number of nitrogens with one attached hydrogen (secondary N) is 1. The van der Waals surface area contributed by atoms with Gasteiger partial charge in [0.15, 0.2) is 0 Å². The summed E-state index contributed by atoms with van der Waals surface area (Å²) in [5.41, 5.74) is 1.71. The minimum Gasteiger partial charge on any atom is -0.336 e. The van der Waals surface area contributed by atoms with Crippen LogP contribution in [0.2, 0.25) is 5.02 Å². The van der Waals surface area contributed by atoms with Crippen molar-refractivity contribution in [1.82, 2.24) is 10.2 Å². The second-order valence-corrected chi connectivity index (χ2v) is 6.64. The molecule has 0 atom stereocenters. The van der Waals surface area contributed by atoms with Crippen molar-refractivity contribution in [3.63, 3.8) is 0 Å². The van der Waals surface area contributed by atoms with Gasteiger partial charge in [-0.25, -0.2) is 0 Å². The number of carbonyl (C=O) groups is 1. The smallest absolute Gasteiger partial charge is 0.254 e. The highest BCUT2D eigenvalue weighted by atomic mass is 35.5. The largest absolute Gasteiger partial charge is 0.336 e. The Morgan fingerprint density at radius 2 is 2.05 bits per heavy atom. The van der Waals surface area contributed by atoms with Crippen molar-refractivity contribution in [2.24, 2.45) is 5.92 Å². The Morgan fingerprint density at radius 1 is 1.38 bits per heavy atom. The van der Waals surface area contributed by atoms with Gasteiger partial charge in [-0.2, -0.15) is 0 Å². The molecule has 1 aliphatic rings. The van der Waals surface area contributed by atoms with E-state index >= 15 is 0 Å². The fourth-order valence-corrected chi connectivity index (χ4v) is 3.02. The normalized spacial score (nSPS) is 16.2. The van der Waals surface area contributed by atoms with Gasteiger partial charge in [0.05, 0.1) is 0 Å². The Labute approximate surface area is 132 Å². The molecular weight excluding hydrogens is 284 g/mol. The molecule has 1 aromatic carbocycles. The van der Waals surface area contributed by atoms with Gasteiger partial charge in [0, 0.05) is 23.2 Å². The number of amides is 1. The lowest BCUT2D eigenvalue weighted by molar-refractivity contribution is 0.0657. The number of hydrogen-bond acceptors (Lipinski definition) is 2. The molecule has 1 saturated heterocycles. The Kier molecular flexibility index (Phi) is 5.65. The van der Waals surface area contributed by atoms with Gasteiger partial charge in [0.2, 0.25) is 0 Å². The SMILES string of the molecule is Cc1ccc(Cl)cc1C(=O)N(CC1CCNCC1)C(C)C. The van der Waals surface area contributed by atoms with Gasteiger partial charge in [-0.05, 0) is 70.3 Å². The third-order valence-corrected chi connectivity index (χ3v) is 4.46. The molecule has 0 spiro atoms. The first kappa shape index (κ1) is 16.3. The van der Waals surface area contributed by atoms with Crippen LogP contribution in [0.4, 0.5) is 0 Å². The van der Waals surface area contributed by atoms with Crippen LogP contribution in [0.1, 0.15) is 42.6 Å². The van der Waals surface area contributed by atoms with Crippen LogP contribution in [0.15, 0.2) is 18.2 Å². The molecule has 0 unspecified atom stereocenters. The molecule has 1 amide bonds. The third-order valence-electron chi connectivity index (χ3n) is 4.23. The van der Waals surface area contributed by atoms with Crippen LogP contribution < -0.4 is 5.32 Å². The summed E-state index contributed by atoms with van der Waals surface area (Å²) in [4.78, 5) is 14.9. The van der Waals surface area contributed by atoms with Gasteiger partial charge < -0.3 is 10.2 Å². The summed E-state index contributed by atoms with van der Waals surface area (Å²) in [7, 11) is 0. The summed E-state index contributed by atoms with van der Waals surface area (Å²) in [5, 5.41) is 3.99. The summed E-state index contributed by atoms with van der Waals surface area (Å²) in [6, 6.07) is 5.74. The molecule has 0 aliphatic carbocycles. The highest BCUT2D eigenvalue weighted by Gasteiger charge is 2.24. The van der Waals surface area contributed by atoms with Gasteiger partial charge in [-0.15, -0.1) is 0 Å². The fraction of sp³-hybridized carbons (Fsp3) is 0.588. The van der Waals surface area contributed by atoms with E-state index in [1.807, 2.05) is 24.0 Å². The Bertz CT molecular complexity index is 496. The Balaban J connectivity index is 2.16. The minimum absolute atomic E-state index is 0.100. The van der Waals surface area contributed by atoms with Gasteiger partial charge in [-0.1, -0.05) is 17.7 Å². The van der Waals surface area contributed by atoms with Crippen molar-refractivity contribution in [2.45, 2.75) is 39.7 Å². The topological polar surface area (TPSA) is 32.3 Å². The highest BCUT2D eigenvalue weighted by molar-refractivity contribution is 6.31. The number of nitrogens with zero attached hydrogens (tertiary/aromatic N) is 1. The number of aryl methyl sites for hydroxylation is 1. The number of piperidine rings is 1. The predicted octanol–water partition coefficient (Wildman–Crippen LogP) is 3.50. The zero-order valence-corrected chi connectivity index (χ0v) is 13.9. The maximum Gasteiger partial charge on any atom is 0.254 e. The number of benzene rings is 1. The van der Waals surface area contributed by atoms with Crippen molar-refractivity contribution in [3.8, 4) is 0 Å². The molecule has 1 aliphatic heterocycles. The summed E-state index contributed by atoms with van der Waals surface area (Å²) in [6.07, 6.45) is 2.29. The molecular formula is C17H25ClN2O. The maximum absolute atomic E-state index is 12.9. The Hall–Kier alpha value is -1.06. The molecule has 1 N–H and O–H groups in total. The molecule has 116 valence electrons. The summed E-state index contributed by atoms with van der Waals surface area (Å²) in [5.74, 6) is 0.695. The lowest BCUT2D eigenvalue weighted by atomic mass is 9.96. The van der Waals surface area contributed by atoms with Crippen LogP contribution in [0, 0.1) is 12.8 Å². The Morgan fingerprint density at radius 3 is 2.67 bits per heavy atom. The van der Waals surface area contributed by atoms with E-state index in [0.29, 0.717) is 10.9 Å². The lowest BCUT2D eigenvalue weighted by Crippen LogP contribution is -2.43. The summed E-state index contributed by atoms with van der Waals surface area (Å²) in [6.45, 7) is 9.08. The van der Waals surface area contributed by atoms with Crippen LogP contribution in [0.25, 0.3) is 0 Å². The van der Waals surface area contributed by atoms with Gasteiger partial charge in [0.1, 0.15) is 0 Å². The van der Waals surface area contributed by atoms with E-state index in [2.05, 4.69) is 19.2 Å². The van der Waals surface area contributed by atoms with E-state index in [1.165, 1.54) is 0 Å². The molecule has 3 nitrogen and oxygen atoms in total. The van der Waals surface area contributed by atoms with Crippen LogP contribution in [-0.2, 0) is 0 Å². The van der Waals surface area contributed by atoms with Gasteiger partial charge >= 0.3 is 0 Å². The zero-order chi connectivity index (χ0) is 15.4. The van der Waals surface area contributed by atoms with Gasteiger partial charge in [-0.3, -0.25) is 4.79 Å². The number of hydrogen-bond donors (Lipinski definition) is 1. The second-order valence-electron chi connectivity index (χ2n) is 6.20. The second kappa shape index (κ2) is 7.28. The molecule has 0 aromatic heterocycles.